The molecular weight excluding hydrogens is 749 g/mol. The third-order valence-corrected chi connectivity index (χ3v) is 10.2. The van der Waals surface area contributed by atoms with Crippen LogP contribution in [0, 0.1) is 0 Å². The topological polar surface area (TPSA) is 166 Å². The van der Waals surface area contributed by atoms with E-state index in [9.17, 15) is 29.1 Å². The van der Waals surface area contributed by atoms with Gasteiger partial charge >= 0.3 is 11.4 Å². The molecule has 0 unspecified atom stereocenters. The summed E-state index contributed by atoms with van der Waals surface area (Å²) in [4.78, 5) is 72.8. The van der Waals surface area contributed by atoms with Crippen LogP contribution in [0.25, 0.3) is 11.0 Å². The van der Waals surface area contributed by atoms with Gasteiger partial charge in [-0.15, -0.1) is 0 Å². The first-order valence-electron chi connectivity index (χ1n) is 15.3. The molecule has 0 saturated carbocycles. The molecule has 2 atom stereocenters. The number of benzene rings is 2. The number of hydrogen-bond donors (Lipinski definition) is 1. The number of rotatable bonds is 7. The molecule has 2 aromatic carbocycles. The summed E-state index contributed by atoms with van der Waals surface area (Å²) < 4.78 is 21.8. The van der Waals surface area contributed by atoms with Crippen LogP contribution < -0.4 is 31.1 Å². The van der Waals surface area contributed by atoms with Gasteiger partial charge in [0.1, 0.15) is 17.2 Å². The predicted octanol–water partition coefficient (Wildman–Crippen LogP) is 2.47. The van der Waals surface area contributed by atoms with Gasteiger partial charge in [0.15, 0.2) is 23.1 Å². The fourth-order valence-corrected chi connectivity index (χ4v) is 7.66. The Morgan fingerprint density at radius 1 is 0.959 bits per heavy atom. The molecule has 0 fully saturated rings. The van der Waals surface area contributed by atoms with Gasteiger partial charge in [-0.2, -0.15) is 0 Å². The molecule has 1 N–H and O–H groups in total. The molecule has 0 bridgehead atoms. The number of allylic oxidation sites excluding steroid dienone is 6. The lowest BCUT2D eigenvalue weighted by molar-refractivity contribution is -0.115. The Bertz CT molecular complexity index is 2410. The van der Waals surface area contributed by atoms with Crippen LogP contribution in [0.5, 0.6) is 23.0 Å². The lowest BCUT2D eigenvalue weighted by Gasteiger charge is -2.39. The summed E-state index contributed by atoms with van der Waals surface area (Å²) in [5, 5.41) is 10.2. The Labute approximate surface area is 291 Å². The zero-order valence-electron chi connectivity index (χ0n) is 26.9. The van der Waals surface area contributed by atoms with Crippen molar-refractivity contribution in [2.45, 2.75) is 37.9 Å². The number of phenols is 1. The molecule has 1 aliphatic heterocycles. The van der Waals surface area contributed by atoms with Gasteiger partial charge in [0, 0.05) is 73.3 Å². The first-order chi connectivity index (χ1) is 23.5. The molecule has 0 amide bonds. The smallest absolute Gasteiger partial charge is 0.347 e. The maximum atomic E-state index is 14.1. The summed E-state index contributed by atoms with van der Waals surface area (Å²) in [6.07, 6.45) is 3.10. The Balaban J connectivity index is 1.30. The van der Waals surface area contributed by atoms with Crippen LogP contribution in [0.1, 0.15) is 29.6 Å². The first-order valence-corrected chi connectivity index (χ1v) is 16.4. The summed E-state index contributed by atoms with van der Waals surface area (Å²) in [5.74, 6) is -0.300. The van der Waals surface area contributed by atoms with Crippen LogP contribution in [0.15, 0.2) is 77.2 Å². The summed E-state index contributed by atoms with van der Waals surface area (Å²) >= 11 is 1.85. The molecule has 3 aliphatic rings. The minimum absolute atomic E-state index is 0.0140. The molecule has 0 saturated heterocycles. The number of phenolic OH excluding ortho intramolecular Hbond substituents is 1. The average Bonchev–Trinajstić information content (AvgIpc) is 3.35. The third-order valence-electron chi connectivity index (χ3n) is 9.43. The molecule has 7 rings (SSSR count). The van der Waals surface area contributed by atoms with E-state index in [2.05, 4.69) is 4.98 Å². The number of nitrogens with zero attached hydrogens (tertiary/aromatic N) is 5. The van der Waals surface area contributed by atoms with Gasteiger partial charge in [0.05, 0.1) is 48.5 Å². The Kier molecular flexibility index (Phi) is 7.96. The van der Waals surface area contributed by atoms with E-state index < -0.39 is 23.3 Å². The number of methoxy groups -OCH3 is 3. The van der Waals surface area contributed by atoms with Crippen molar-refractivity contribution in [3.05, 3.63) is 105 Å². The van der Waals surface area contributed by atoms with E-state index in [-0.39, 0.29) is 63.7 Å². The summed E-state index contributed by atoms with van der Waals surface area (Å²) in [6, 6.07) is 7.07. The summed E-state index contributed by atoms with van der Waals surface area (Å²) in [6.45, 7) is -0.103. The normalized spacial score (nSPS) is 18.5. The van der Waals surface area contributed by atoms with Crippen molar-refractivity contribution >= 4 is 45.2 Å². The lowest BCUT2D eigenvalue weighted by Crippen LogP contribution is -2.40. The van der Waals surface area contributed by atoms with Gasteiger partial charge < -0.3 is 23.9 Å². The van der Waals surface area contributed by atoms with Crippen molar-refractivity contribution in [3.63, 3.8) is 0 Å². The maximum Gasteiger partial charge on any atom is 0.347 e. The van der Waals surface area contributed by atoms with Crippen LogP contribution >= 0.6 is 22.6 Å². The second kappa shape index (κ2) is 12.0. The molecule has 0 radical (unpaired) electrons. The van der Waals surface area contributed by atoms with Crippen molar-refractivity contribution in [1.29, 1.82) is 0 Å². The van der Waals surface area contributed by atoms with Gasteiger partial charge in [0.25, 0.3) is 5.56 Å². The van der Waals surface area contributed by atoms with Crippen LogP contribution in [-0.2, 0) is 36.1 Å². The van der Waals surface area contributed by atoms with E-state index in [0.29, 0.717) is 45.0 Å². The van der Waals surface area contributed by atoms with E-state index in [0.717, 1.165) is 4.57 Å². The summed E-state index contributed by atoms with van der Waals surface area (Å²) in [5.41, 5.74) is 1.29. The highest BCUT2D eigenvalue weighted by molar-refractivity contribution is 14.1. The number of carbonyl (C=O) groups is 2. The van der Waals surface area contributed by atoms with Crippen molar-refractivity contribution in [2.24, 2.45) is 7.05 Å². The Morgan fingerprint density at radius 3 is 2.39 bits per heavy atom. The van der Waals surface area contributed by atoms with Crippen molar-refractivity contribution in [3.8, 4) is 23.0 Å². The molecule has 0 spiro atoms. The molecular formula is C34H30IN5O9. The number of Topliss-reactive ketones (excluding diaryl/α,β-unsaturated/α-hetero) is 1. The number of hydrogen-bond acceptors (Lipinski definition) is 10. The fourth-order valence-electron chi connectivity index (χ4n) is 7.09. The monoisotopic (exact) mass is 779 g/mol. The zero-order valence-corrected chi connectivity index (χ0v) is 29.0. The van der Waals surface area contributed by atoms with Crippen molar-refractivity contribution in [1.82, 2.24) is 23.5 Å². The Morgan fingerprint density at radius 2 is 1.67 bits per heavy atom. The van der Waals surface area contributed by atoms with Crippen molar-refractivity contribution < 1.29 is 28.9 Å². The van der Waals surface area contributed by atoms with Gasteiger partial charge in [-0.1, -0.05) is 12.1 Å². The molecule has 4 aromatic rings. The lowest BCUT2D eigenvalue weighted by atomic mass is 9.68. The number of fused-ring (bicyclic) bond motifs is 4. The molecule has 2 aromatic heterocycles. The standard InChI is InChI=1S/C34H30IN5O9/c1-37-24-15-28(49-4)27(48-3)14-22(24)36-21(32(37)44)8-9-38-33(45)39-10-7-17-23(40(39)34(38)46)12-19-25(42)13-20(35)31(43)30(19)29(17)18-6-5-16(41)11-26(18)47-2/h5-7,11,13-15,23,29,41H,8-10,12H2,1-4H3/t23-,29-/m1/s1. The van der Waals surface area contributed by atoms with Gasteiger partial charge in [-0.25, -0.2) is 28.5 Å². The number of halogens is 1. The summed E-state index contributed by atoms with van der Waals surface area (Å²) in [7, 11) is 6.03. The van der Waals surface area contributed by atoms with Gasteiger partial charge in [-0.3, -0.25) is 14.4 Å². The average molecular weight is 780 g/mol. The van der Waals surface area contributed by atoms with Crippen LogP contribution in [0.2, 0.25) is 0 Å². The van der Waals surface area contributed by atoms with Gasteiger partial charge in [0.2, 0.25) is 0 Å². The minimum atomic E-state index is -0.779. The van der Waals surface area contributed by atoms with Crippen molar-refractivity contribution in [2.75, 3.05) is 21.3 Å². The van der Waals surface area contributed by atoms with E-state index in [1.165, 1.54) is 53.5 Å². The molecule has 15 heteroatoms. The van der Waals surface area contributed by atoms with Crippen LogP contribution in [0.3, 0.4) is 0 Å². The SMILES string of the molecule is COc1cc2nc(CCn3c(=O)n4n(c3=O)[C@@H]3CC5=C(C(=O)C(I)=CC5=O)[C@@H](c5ccc(O)cc5OC)C3=CC4)c(=O)n(C)c2cc1OC. The third kappa shape index (κ3) is 4.97. The number of aryl methyl sites for hydroxylation is 2. The number of aromatic nitrogens is 5. The quantitative estimate of drug-likeness (QED) is 0.167. The minimum Gasteiger partial charge on any atom is -0.508 e. The number of aromatic hydroxyl groups is 1. The molecule has 252 valence electrons. The highest BCUT2D eigenvalue weighted by atomic mass is 127. The zero-order chi connectivity index (χ0) is 34.9. The molecule has 49 heavy (non-hydrogen) atoms. The highest BCUT2D eigenvalue weighted by Crippen LogP contribution is 2.52. The second-order valence-electron chi connectivity index (χ2n) is 11.9. The largest absolute Gasteiger partial charge is 0.508 e. The van der Waals surface area contributed by atoms with Crippen LogP contribution in [0.4, 0.5) is 0 Å². The molecule has 2 aliphatic carbocycles. The maximum absolute atomic E-state index is 14.1. The van der Waals surface area contributed by atoms with Crippen LogP contribution in [-0.4, -0.2) is 61.5 Å². The number of ether oxygens (including phenoxy) is 3. The second-order valence-corrected chi connectivity index (χ2v) is 13.0. The highest BCUT2D eigenvalue weighted by Gasteiger charge is 2.46. The molecule has 3 heterocycles. The van der Waals surface area contributed by atoms with E-state index in [1.54, 1.807) is 25.2 Å². The number of carbonyl (C=O) groups excluding carboxylic acids is 2. The molecule has 14 nitrogen and oxygen atoms in total. The predicted molar refractivity (Wildman–Crippen MR) is 185 cm³/mol. The number of ketones is 2. The van der Waals surface area contributed by atoms with E-state index in [4.69, 9.17) is 14.2 Å². The van der Waals surface area contributed by atoms with Gasteiger partial charge in [-0.05, 0) is 34.2 Å². The van der Waals surface area contributed by atoms with E-state index >= 15 is 0 Å². The Hall–Kier alpha value is -5.19. The first kappa shape index (κ1) is 32.4. The fraction of sp³-hybridized carbons (Fsp3) is 0.294. The van der Waals surface area contributed by atoms with E-state index in [1.807, 2.05) is 28.7 Å².